The van der Waals surface area contributed by atoms with Gasteiger partial charge in [-0.1, -0.05) is 255 Å². The average Bonchev–Trinajstić information content (AvgIpc) is 3.46. The monoisotopic (exact) mass is 1100 g/mol. The van der Waals surface area contributed by atoms with Crippen molar-refractivity contribution in [3.8, 4) is 0 Å². The largest absolute Gasteiger partial charge is 0.462 e. The molecule has 448 valence electrons. The summed E-state index contributed by atoms with van der Waals surface area (Å²) in [6.45, 7) is 6.33. The van der Waals surface area contributed by atoms with Crippen LogP contribution >= 0.6 is 0 Å². The third kappa shape index (κ3) is 63.6. The van der Waals surface area contributed by atoms with Crippen LogP contribution in [0.15, 0.2) is 170 Å². The van der Waals surface area contributed by atoms with Gasteiger partial charge >= 0.3 is 17.9 Å². The fourth-order valence-corrected chi connectivity index (χ4v) is 8.18. The van der Waals surface area contributed by atoms with Gasteiger partial charge in [-0.25, -0.2) is 0 Å². The first-order valence-corrected chi connectivity index (χ1v) is 32.1. The number of esters is 3. The molecule has 0 heterocycles. The summed E-state index contributed by atoms with van der Waals surface area (Å²) in [5.41, 5.74) is 0. The molecule has 0 fully saturated rings. The fourth-order valence-electron chi connectivity index (χ4n) is 8.18. The molecule has 1 unspecified atom stereocenters. The van der Waals surface area contributed by atoms with Crippen LogP contribution in [0, 0.1) is 0 Å². The molecule has 80 heavy (non-hydrogen) atoms. The molecule has 0 saturated carbocycles. The Hall–Kier alpha value is -5.23. The van der Waals surface area contributed by atoms with E-state index in [9.17, 15) is 14.4 Å². The highest BCUT2D eigenvalue weighted by Crippen LogP contribution is 2.14. The van der Waals surface area contributed by atoms with Gasteiger partial charge in [0.25, 0.3) is 0 Å². The molecular weight excluding hydrogens is 985 g/mol. The minimum absolute atomic E-state index is 0.111. The molecule has 0 aliphatic heterocycles. The maximum absolute atomic E-state index is 12.9. The first-order chi connectivity index (χ1) is 39.5. The average molecular weight is 1100 g/mol. The first kappa shape index (κ1) is 74.8. The molecule has 0 aromatic carbocycles. The third-order valence-electron chi connectivity index (χ3n) is 12.9. The molecule has 0 spiro atoms. The van der Waals surface area contributed by atoms with Crippen molar-refractivity contribution < 1.29 is 28.6 Å². The smallest absolute Gasteiger partial charge is 0.306 e. The molecule has 0 aliphatic carbocycles. The minimum atomic E-state index is -0.819. The van der Waals surface area contributed by atoms with E-state index in [0.717, 1.165) is 154 Å². The van der Waals surface area contributed by atoms with Crippen LogP contribution < -0.4 is 0 Å². The highest BCUT2D eigenvalue weighted by molar-refractivity contribution is 5.71. The molecule has 0 aromatic heterocycles. The quantitative estimate of drug-likeness (QED) is 0.0261. The molecule has 0 aromatic rings. The van der Waals surface area contributed by atoms with Crippen LogP contribution in [0.2, 0.25) is 0 Å². The van der Waals surface area contributed by atoms with Crippen LogP contribution in [0.4, 0.5) is 0 Å². The van der Waals surface area contributed by atoms with Gasteiger partial charge in [0.2, 0.25) is 0 Å². The summed E-state index contributed by atoms with van der Waals surface area (Å²) >= 11 is 0. The Morgan fingerprint density at radius 1 is 0.263 bits per heavy atom. The van der Waals surface area contributed by atoms with Crippen molar-refractivity contribution in [1.29, 1.82) is 0 Å². The topological polar surface area (TPSA) is 78.9 Å². The number of carbonyl (C=O) groups excluding carboxylic acids is 3. The normalized spacial score (nSPS) is 13.3. The lowest BCUT2D eigenvalue weighted by molar-refractivity contribution is -0.167. The minimum Gasteiger partial charge on any atom is -0.462 e. The number of hydrogen-bond donors (Lipinski definition) is 0. The number of rotatable bonds is 56. The van der Waals surface area contributed by atoms with Gasteiger partial charge in [-0.3, -0.25) is 14.4 Å². The first-order valence-electron chi connectivity index (χ1n) is 32.1. The molecule has 1 atom stereocenters. The van der Waals surface area contributed by atoms with Crippen molar-refractivity contribution in [1.82, 2.24) is 0 Å². The lowest BCUT2D eigenvalue weighted by Crippen LogP contribution is -2.30. The second kappa shape index (κ2) is 66.3. The van der Waals surface area contributed by atoms with Crippen LogP contribution in [-0.4, -0.2) is 37.2 Å². The van der Waals surface area contributed by atoms with Gasteiger partial charge < -0.3 is 14.2 Å². The predicted molar refractivity (Wildman–Crippen MR) is 348 cm³/mol. The van der Waals surface area contributed by atoms with Crippen LogP contribution in [0.3, 0.4) is 0 Å². The Balaban J connectivity index is 4.43. The Kier molecular flexibility index (Phi) is 61.9. The van der Waals surface area contributed by atoms with Gasteiger partial charge in [0, 0.05) is 19.3 Å². The van der Waals surface area contributed by atoms with E-state index in [4.69, 9.17) is 14.2 Å². The van der Waals surface area contributed by atoms with Crippen molar-refractivity contribution in [2.75, 3.05) is 13.2 Å². The number of carbonyl (C=O) groups is 3. The summed E-state index contributed by atoms with van der Waals surface area (Å²) in [6.07, 6.45) is 97.9. The number of allylic oxidation sites excluding steroid dienone is 28. The zero-order chi connectivity index (χ0) is 57.8. The second-order valence-electron chi connectivity index (χ2n) is 20.5. The predicted octanol–water partition coefficient (Wildman–Crippen LogP) is 22.3. The molecule has 0 rings (SSSR count). The zero-order valence-electron chi connectivity index (χ0n) is 51.3. The summed E-state index contributed by atoms with van der Waals surface area (Å²) in [4.78, 5) is 38.3. The Morgan fingerprint density at radius 3 is 0.800 bits per heavy atom. The van der Waals surface area contributed by atoms with Crippen molar-refractivity contribution in [3.05, 3.63) is 170 Å². The van der Waals surface area contributed by atoms with Crippen molar-refractivity contribution in [2.45, 2.75) is 264 Å². The van der Waals surface area contributed by atoms with Gasteiger partial charge in [0.15, 0.2) is 6.10 Å². The van der Waals surface area contributed by atoms with Crippen molar-refractivity contribution in [2.24, 2.45) is 0 Å². The molecule has 0 bridgehead atoms. The fraction of sp³-hybridized carbons (Fsp3) is 0.581. The Labute approximate surface area is 492 Å². The van der Waals surface area contributed by atoms with Gasteiger partial charge in [-0.15, -0.1) is 0 Å². The van der Waals surface area contributed by atoms with E-state index in [1.807, 2.05) is 0 Å². The van der Waals surface area contributed by atoms with E-state index >= 15 is 0 Å². The lowest BCUT2D eigenvalue weighted by Gasteiger charge is -2.18. The Morgan fingerprint density at radius 2 is 0.487 bits per heavy atom. The highest BCUT2D eigenvalue weighted by Gasteiger charge is 2.19. The molecule has 6 heteroatoms. The number of ether oxygens (including phenoxy) is 3. The summed E-state index contributed by atoms with van der Waals surface area (Å²) in [5, 5.41) is 0. The highest BCUT2D eigenvalue weighted by atomic mass is 16.6. The molecule has 0 radical (unpaired) electrons. The zero-order valence-corrected chi connectivity index (χ0v) is 51.3. The van der Waals surface area contributed by atoms with E-state index < -0.39 is 6.10 Å². The van der Waals surface area contributed by atoms with E-state index in [2.05, 4.69) is 191 Å². The molecule has 0 amide bonds. The summed E-state index contributed by atoms with van der Waals surface area (Å²) < 4.78 is 16.9. The van der Waals surface area contributed by atoms with E-state index in [-0.39, 0.29) is 37.5 Å². The van der Waals surface area contributed by atoms with E-state index in [1.165, 1.54) is 57.8 Å². The molecule has 6 nitrogen and oxygen atoms in total. The van der Waals surface area contributed by atoms with Crippen molar-refractivity contribution >= 4 is 17.9 Å². The lowest BCUT2D eigenvalue weighted by atomic mass is 10.1. The van der Waals surface area contributed by atoms with Gasteiger partial charge in [0.1, 0.15) is 13.2 Å². The second-order valence-corrected chi connectivity index (χ2v) is 20.5. The summed E-state index contributed by atoms with van der Waals surface area (Å²) in [7, 11) is 0. The van der Waals surface area contributed by atoms with Gasteiger partial charge in [0.05, 0.1) is 0 Å². The maximum atomic E-state index is 12.9. The van der Waals surface area contributed by atoms with Crippen LogP contribution in [0.1, 0.15) is 258 Å². The number of hydrogen-bond acceptors (Lipinski definition) is 6. The van der Waals surface area contributed by atoms with Crippen molar-refractivity contribution in [3.63, 3.8) is 0 Å². The number of unbranched alkanes of at least 4 members (excludes halogenated alkanes) is 17. The van der Waals surface area contributed by atoms with Crippen LogP contribution in [0.25, 0.3) is 0 Å². The third-order valence-corrected chi connectivity index (χ3v) is 12.9. The van der Waals surface area contributed by atoms with Crippen LogP contribution in [0.5, 0.6) is 0 Å². The summed E-state index contributed by atoms with van der Waals surface area (Å²) in [5.74, 6) is -0.980. The molecule has 0 N–H and O–H groups in total. The van der Waals surface area contributed by atoms with Gasteiger partial charge in [-0.2, -0.15) is 0 Å². The SMILES string of the molecule is CC/C=C\C/C=C\C/C=C\C/C=C\C/C=C\C/C=C\C/C=C\CCCCCCCCCC(=O)OCC(COC(=O)CCCCCCC/C=C\CCCCC)OC(=O)CCCC/C=C\C/C=C\C/C=C\C/C=C\C/C=C\C/C=C\CC. The maximum Gasteiger partial charge on any atom is 0.306 e. The van der Waals surface area contributed by atoms with E-state index in [0.29, 0.717) is 19.3 Å². The van der Waals surface area contributed by atoms with Crippen LogP contribution in [-0.2, 0) is 28.6 Å². The van der Waals surface area contributed by atoms with E-state index in [1.54, 1.807) is 0 Å². The standard InChI is InChI=1S/C74H116O6/c1-4-7-10-13-16-19-22-25-27-29-31-33-34-35-36-37-38-39-40-42-43-45-47-49-52-55-58-61-64-67-73(76)79-70-71(69-78-72(75)66-63-60-57-54-51-24-21-18-15-12-9-6-3)80-74(77)68-65-62-59-56-53-50-48-46-44-41-32-30-28-26-23-20-17-14-11-8-5-2/h7-8,10-11,16-21,25-28,31-33,35-36,38-39,41-43,46,48,53,56,71H,4-6,9,12-15,22-24,29-30,34,37,40,44-45,47,49-52,54-55,57-70H2,1-3H3/b10-7-,11-8-,19-16-,20-17-,21-18-,27-25-,28-26-,33-31-,36-35-,39-38-,41-32-,43-42-,48-46-,56-53-. The Bertz CT molecular complexity index is 1840. The molecule has 0 aliphatic rings. The summed E-state index contributed by atoms with van der Waals surface area (Å²) in [6, 6.07) is 0. The molecule has 0 saturated heterocycles. The molecular formula is C74H116O6. The van der Waals surface area contributed by atoms with Gasteiger partial charge in [-0.05, 0) is 154 Å².